The number of aromatic nitrogens is 3. The molecule has 0 bridgehead atoms. The highest BCUT2D eigenvalue weighted by Gasteiger charge is 2.21. The first kappa shape index (κ1) is 20.2. The Morgan fingerprint density at radius 3 is 2.38 bits per heavy atom. The molecule has 0 unspecified atom stereocenters. The summed E-state index contributed by atoms with van der Waals surface area (Å²) in [6, 6.07) is 13.1. The fourth-order valence-electron chi connectivity index (χ4n) is 2.21. The van der Waals surface area contributed by atoms with E-state index in [1.54, 1.807) is 16.9 Å². The monoisotopic (exact) mass is 431 g/mol. The molecule has 148 valence electrons. The number of aromatic hydroxyl groups is 1. The lowest BCUT2D eigenvalue weighted by molar-refractivity contribution is 0.256. The van der Waals surface area contributed by atoms with Gasteiger partial charge in [0.15, 0.2) is 5.82 Å². The maximum absolute atomic E-state index is 12.3. The second-order valence-electron chi connectivity index (χ2n) is 5.55. The molecule has 11 heteroatoms. The maximum Gasteiger partial charge on any atom is 0.335 e. The summed E-state index contributed by atoms with van der Waals surface area (Å²) < 4.78 is 26.3. The van der Waals surface area contributed by atoms with E-state index in [1.165, 1.54) is 24.3 Å². The highest BCUT2D eigenvalue weighted by molar-refractivity contribution is 7.90. The average molecular weight is 432 g/mol. The molecule has 0 fully saturated rings. The van der Waals surface area contributed by atoms with Crippen LogP contribution in [0.15, 0.2) is 59.5 Å². The van der Waals surface area contributed by atoms with Crippen LogP contribution >= 0.6 is 11.6 Å². The van der Waals surface area contributed by atoms with Crippen molar-refractivity contribution in [2.45, 2.75) is 4.90 Å². The molecule has 0 saturated carbocycles. The van der Waals surface area contributed by atoms with Gasteiger partial charge in [0.25, 0.3) is 10.0 Å². The zero-order valence-electron chi connectivity index (χ0n) is 14.7. The molecular formula is C18H14ClN5O4S. The molecule has 0 atom stereocenters. The zero-order chi connectivity index (χ0) is 20.9. The van der Waals surface area contributed by atoms with Gasteiger partial charge in [0.05, 0.1) is 5.02 Å². The molecule has 0 radical (unpaired) electrons. The van der Waals surface area contributed by atoms with Gasteiger partial charge in [-0.25, -0.2) is 17.9 Å². The second-order valence-corrected chi connectivity index (χ2v) is 7.61. The SMILES string of the molecule is O=C(Nc1nc(O)nc(/C=C/c2ccccc2)n1)NS(=O)(=O)c1ccccc1Cl. The molecule has 0 aliphatic carbocycles. The molecular weight excluding hydrogens is 418 g/mol. The predicted molar refractivity (Wildman–Crippen MR) is 108 cm³/mol. The Labute approximate surface area is 171 Å². The standard InChI is InChI=1S/C18H14ClN5O4S/c19-13-8-4-5-9-14(13)29(27,28)24-18(26)23-16-20-15(21-17(25)22-16)11-10-12-6-2-1-3-7-12/h1-11H,(H3,20,21,22,23,24,25,26)/b11-10+. The zero-order valence-corrected chi connectivity index (χ0v) is 16.2. The topological polar surface area (TPSA) is 134 Å². The van der Waals surface area contributed by atoms with Gasteiger partial charge in [0.2, 0.25) is 5.95 Å². The van der Waals surface area contributed by atoms with Crippen LogP contribution in [0.1, 0.15) is 11.4 Å². The summed E-state index contributed by atoms with van der Waals surface area (Å²) in [6.07, 6.45) is 3.20. The molecule has 2 amide bonds. The quantitative estimate of drug-likeness (QED) is 0.565. The Bertz CT molecular complexity index is 1170. The van der Waals surface area contributed by atoms with Gasteiger partial charge >= 0.3 is 12.0 Å². The molecule has 1 aromatic heterocycles. The lowest BCUT2D eigenvalue weighted by Gasteiger charge is -2.09. The third-order valence-electron chi connectivity index (χ3n) is 3.44. The summed E-state index contributed by atoms with van der Waals surface area (Å²) in [5, 5.41) is 11.7. The fourth-order valence-corrected chi connectivity index (χ4v) is 3.64. The van der Waals surface area contributed by atoms with Crippen molar-refractivity contribution in [3.05, 3.63) is 71.0 Å². The highest BCUT2D eigenvalue weighted by Crippen LogP contribution is 2.20. The molecule has 0 aliphatic rings. The Morgan fingerprint density at radius 1 is 0.966 bits per heavy atom. The third-order valence-corrected chi connectivity index (χ3v) is 5.27. The van der Waals surface area contributed by atoms with Gasteiger partial charge in [-0.15, -0.1) is 0 Å². The summed E-state index contributed by atoms with van der Waals surface area (Å²) >= 11 is 5.85. The molecule has 3 aromatic rings. The minimum atomic E-state index is -4.22. The summed E-state index contributed by atoms with van der Waals surface area (Å²) in [6.45, 7) is 0. The van der Waals surface area contributed by atoms with Crippen molar-refractivity contribution >= 4 is 45.8 Å². The van der Waals surface area contributed by atoms with Crippen LogP contribution in [0.4, 0.5) is 10.7 Å². The molecule has 29 heavy (non-hydrogen) atoms. The van der Waals surface area contributed by atoms with Crippen LogP contribution in [0.3, 0.4) is 0 Å². The Hall–Kier alpha value is -3.50. The third kappa shape index (κ3) is 5.50. The molecule has 0 saturated heterocycles. The van der Waals surface area contributed by atoms with Crippen molar-refractivity contribution in [1.82, 2.24) is 19.7 Å². The van der Waals surface area contributed by atoms with Crippen molar-refractivity contribution in [3.63, 3.8) is 0 Å². The number of hydrogen-bond donors (Lipinski definition) is 3. The van der Waals surface area contributed by atoms with Crippen molar-refractivity contribution in [1.29, 1.82) is 0 Å². The van der Waals surface area contributed by atoms with Crippen LogP contribution in [-0.2, 0) is 10.0 Å². The van der Waals surface area contributed by atoms with Crippen molar-refractivity contribution in [3.8, 4) is 6.01 Å². The molecule has 3 rings (SSSR count). The number of anilines is 1. The summed E-state index contributed by atoms with van der Waals surface area (Å²) in [7, 11) is -4.22. The lowest BCUT2D eigenvalue weighted by atomic mass is 10.2. The molecule has 3 N–H and O–H groups in total. The number of rotatable bonds is 5. The number of carbonyl (C=O) groups excluding carboxylic acids is 1. The van der Waals surface area contributed by atoms with Gasteiger partial charge in [-0.3, -0.25) is 5.32 Å². The number of nitrogens with one attached hydrogen (secondary N) is 2. The van der Waals surface area contributed by atoms with Gasteiger partial charge in [0.1, 0.15) is 4.90 Å². The maximum atomic E-state index is 12.3. The van der Waals surface area contributed by atoms with E-state index in [4.69, 9.17) is 11.6 Å². The molecule has 9 nitrogen and oxygen atoms in total. The van der Waals surface area contributed by atoms with Crippen molar-refractivity contribution in [2.24, 2.45) is 0 Å². The minimum Gasteiger partial charge on any atom is -0.479 e. The van der Waals surface area contributed by atoms with Crippen LogP contribution in [0.2, 0.25) is 5.02 Å². The molecule has 1 heterocycles. The molecule has 0 spiro atoms. The van der Waals surface area contributed by atoms with E-state index in [0.717, 1.165) is 5.56 Å². The van der Waals surface area contributed by atoms with Gasteiger partial charge in [-0.2, -0.15) is 15.0 Å². The highest BCUT2D eigenvalue weighted by atomic mass is 35.5. The lowest BCUT2D eigenvalue weighted by Crippen LogP contribution is -2.35. The van der Waals surface area contributed by atoms with E-state index in [1.807, 2.05) is 30.3 Å². The van der Waals surface area contributed by atoms with E-state index < -0.39 is 22.1 Å². The van der Waals surface area contributed by atoms with Crippen LogP contribution in [-0.4, -0.2) is 34.5 Å². The first-order valence-corrected chi connectivity index (χ1v) is 9.96. The van der Waals surface area contributed by atoms with Gasteiger partial charge < -0.3 is 5.11 Å². The first-order valence-electron chi connectivity index (χ1n) is 8.10. The first-order chi connectivity index (χ1) is 13.8. The summed E-state index contributed by atoms with van der Waals surface area (Å²) in [5.74, 6) is -0.275. The summed E-state index contributed by atoms with van der Waals surface area (Å²) in [5.41, 5.74) is 0.866. The van der Waals surface area contributed by atoms with E-state index in [2.05, 4.69) is 20.3 Å². The van der Waals surface area contributed by atoms with E-state index in [9.17, 15) is 18.3 Å². The van der Waals surface area contributed by atoms with Gasteiger partial charge in [0, 0.05) is 0 Å². The average Bonchev–Trinajstić information content (AvgIpc) is 2.66. The number of amides is 2. The predicted octanol–water partition coefficient (Wildman–Crippen LogP) is 2.91. The van der Waals surface area contributed by atoms with Crippen LogP contribution < -0.4 is 10.0 Å². The molecule has 0 aliphatic heterocycles. The van der Waals surface area contributed by atoms with E-state index in [0.29, 0.717) is 0 Å². The Kier molecular flexibility index (Phi) is 6.05. The number of nitrogens with zero attached hydrogens (tertiary/aromatic N) is 3. The van der Waals surface area contributed by atoms with Crippen LogP contribution in [0, 0.1) is 0 Å². The Morgan fingerprint density at radius 2 is 1.66 bits per heavy atom. The van der Waals surface area contributed by atoms with Crippen LogP contribution in [0.5, 0.6) is 6.01 Å². The van der Waals surface area contributed by atoms with Gasteiger partial charge in [-0.1, -0.05) is 60.1 Å². The smallest absolute Gasteiger partial charge is 0.335 e. The number of halogens is 1. The molecule has 2 aromatic carbocycles. The second kappa shape index (κ2) is 8.67. The largest absolute Gasteiger partial charge is 0.479 e. The van der Waals surface area contributed by atoms with Crippen LogP contribution in [0.25, 0.3) is 12.2 Å². The van der Waals surface area contributed by atoms with Gasteiger partial charge in [-0.05, 0) is 23.8 Å². The normalized spacial score (nSPS) is 11.3. The number of sulfonamides is 1. The minimum absolute atomic E-state index is 0.0426. The van der Waals surface area contributed by atoms with Crippen molar-refractivity contribution < 1.29 is 18.3 Å². The number of hydrogen-bond acceptors (Lipinski definition) is 7. The number of carbonyl (C=O) groups is 1. The summed E-state index contributed by atoms with van der Waals surface area (Å²) in [4.78, 5) is 23.0. The number of benzene rings is 2. The number of urea groups is 1. The van der Waals surface area contributed by atoms with E-state index in [-0.39, 0.29) is 21.7 Å². The van der Waals surface area contributed by atoms with E-state index >= 15 is 0 Å². The fraction of sp³-hybridized carbons (Fsp3) is 0. The van der Waals surface area contributed by atoms with Crippen molar-refractivity contribution in [2.75, 3.05) is 5.32 Å². The Balaban J connectivity index is 1.74.